The van der Waals surface area contributed by atoms with E-state index >= 15 is 0 Å². The number of halogens is 1. The Bertz CT molecular complexity index is 220. The summed E-state index contributed by atoms with van der Waals surface area (Å²) < 4.78 is 5.03. The van der Waals surface area contributed by atoms with E-state index in [1.54, 1.807) is 11.8 Å². The number of carbonyl (C=O) groups is 1. The van der Waals surface area contributed by atoms with Crippen LogP contribution in [-0.2, 0) is 9.53 Å². The SMILES string of the molecule is CC1(C(=O)NCCCOCCCl)CCCS1. The molecule has 5 heteroatoms. The summed E-state index contributed by atoms with van der Waals surface area (Å²) >= 11 is 7.24. The Morgan fingerprint density at radius 2 is 2.38 bits per heavy atom. The zero-order valence-corrected chi connectivity index (χ0v) is 11.3. The lowest BCUT2D eigenvalue weighted by Gasteiger charge is -2.21. The zero-order valence-electron chi connectivity index (χ0n) is 9.76. The van der Waals surface area contributed by atoms with Crippen LogP contribution in [0.3, 0.4) is 0 Å². The van der Waals surface area contributed by atoms with Crippen molar-refractivity contribution in [3.8, 4) is 0 Å². The number of thioether (sulfide) groups is 1. The zero-order chi connectivity index (χ0) is 11.9. The second-order valence-corrected chi connectivity index (χ2v) is 6.07. The molecule has 1 N–H and O–H groups in total. The summed E-state index contributed by atoms with van der Waals surface area (Å²) in [7, 11) is 0. The smallest absolute Gasteiger partial charge is 0.235 e. The van der Waals surface area contributed by atoms with Crippen molar-refractivity contribution in [2.75, 3.05) is 31.4 Å². The molecule has 1 amide bonds. The molecule has 0 radical (unpaired) electrons. The molecule has 0 saturated carbocycles. The maximum Gasteiger partial charge on any atom is 0.235 e. The molecule has 1 unspecified atom stereocenters. The molecule has 1 fully saturated rings. The Hall–Kier alpha value is 0.0700. The van der Waals surface area contributed by atoms with Crippen molar-refractivity contribution < 1.29 is 9.53 Å². The summed E-state index contributed by atoms with van der Waals surface area (Å²) in [5, 5.41) is 2.97. The van der Waals surface area contributed by atoms with Crippen LogP contribution in [0.5, 0.6) is 0 Å². The average Bonchev–Trinajstić information content (AvgIpc) is 2.71. The Morgan fingerprint density at radius 1 is 1.56 bits per heavy atom. The third-order valence-electron chi connectivity index (χ3n) is 2.67. The monoisotopic (exact) mass is 265 g/mol. The van der Waals surface area contributed by atoms with Crippen molar-refractivity contribution in [1.82, 2.24) is 5.32 Å². The van der Waals surface area contributed by atoms with Crippen LogP contribution in [0.2, 0.25) is 0 Å². The molecule has 3 nitrogen and oxygen atoms in total. The molecule has 0 bridgehead atoms. The van der Waals surface area contributed by atoms with E-state index in [9.17, 15) is 4.79 Å². The number of nitrogens with one attached hydrogen (secondary N) is 1. The summed E-state index contributed by atoms with van der Waals surface area (Å²) in [6, 6.07) is 0. The van der Waals surface area contributed by atoms with E-state index in [1.807, 2.05) is 6.92 Å². The fraction of sp³-hybridized carbons (Fsp3) is 0.909. The number of hydrogen-bond donors (Lipinski definition) is 1. The van der Waals surface area contributed by atoms with Gasteiger partial charge in [0.1, 0.15) is 0 Å². The Balaban J connectivity index is 2.06. The van der Waals surface area contributed by atoms with Crippen LogP contribution in [0, 0.1) is 0 Å². The molecule has 1 saturated heterocycles. The van der Waals surface area contributed by atoms with Crippen LogP contribution in [0.1, 0.15) is 26.2 Å². The second-order valence-electron chi connectivity index (χ2n) is 4.09. The number of carbonyl (C=O) groups excluding carboxylic acids is 1. The molecule has 1 aliphatic rings. The number of rotatable bonds is 7. The van der Waals surface area contributed by atoms with Crippen molar-refractivity contribution in [1.29, 1.82) is 0 Å². The van der Waals surface area contributed by atoms with Gasteiger partial charge in [0, 0.05) is 19.0 Å². The van der Waals surface area contributed by atoms with Gasteiger partial charge >= 0.3 is 0 Å². The average molecular weight is 266 g/mol. The Labute approximate surface area is 107 Å². The summed E-state index contributed by atoms with van der Waals surface area (Å²) in [4.78, 5) is 11.9. The highest BCUT2D eigenvalue weighted by Gasteiger charge is 2.36. The molecular weight excluding hydrogens is 246 g/mol. The van der Waals surface area contributed by atoms with Crippen LogP contribution in [0.25, 0.3) is 0 Å². The Kier molecular flexibility index (Phi) is 6.54. The van der Waals surface area contributed by atoms with Crippen LogP contribution in [0.15, 0.2) is 0 Å². The van der Waals surface area contributed by atoms with Crippen LogP contribution < -0.4 is 5.32 Å². The number of amides is 1. The quantitative estimate of drug-likeness (QED) is 0.566. The van der Waals surface area contributed by atoms with Gasteiger partial charge in [-0.3, -0.25) is 4.79 Å². The molecule has 0 aromatic carbocycles. The molecule has 1 atom stereocenters. The molecule has 94 valence electrons. The van der Waals surface area contributed by atoms with Crippen molar-refractivity contribution in [3.05, 3.63) is 0 Å². The van der Waals surface area contributed by atoms with Crippen molar-refractivity contribution >= 4 is 29.3 Å². The highest BCUT2D eigenvalue weighted by Crippen LogP contribution is 2.37. The van der Waals surface area contributed by atoms with Crippen molar-refractivity contribution in [2.24, 2.45) is 0 Å². The molecule has 1 aliphatic heterocycles. The number of alkyl halides is 1. The lowest BCUT2D eigenvalue weighted by atomic mass is 10.1. The van der Waals surface area contributed by atoms with E-state index in [-0.39, 0.29) is 10.7 Å². The first-order valence-corrected chi connectivity index (χ1v) is 7.27. The molecule has 0 aromatic heterocycles. The van der Waals surface area contributed by atoms with Crippen molar-refractivity contribution in [3.63, 3.8) is 0 Å². The van der Waals surface area contributed by atoms with Crippen LogP contribution in [-0.4, -0.2) is 42.0 Å². The van der Waals surface area contributed by atoms with Gasteiger partial charge in [-0.25, -0.2) is 0 Å². The standard InChI is InChI=1S/C11H20ClNO2S/c1-11(4-2-9-16-11)10(14)13-6-3-7-15-8-5-12/h2-9H2,1H3,(H,13,14). The van der Waals surface area contributed by atoms with Gasteiger partial charge < -0.3 is 10.1 Å². The molecule has 1 rings (SSSR count). The van der Waals surface area contributed by atoms with Gasteiger partial charge in [-0.1, -0.05) is 0 Å². The molecular formula is C11H20ClNO2S. The molecule has 0 aromatic rings. The van der Waals surface area contributed by atoms with Crippen molar-refractivity contribution in [2.45, 2.75) is 30.9 Å². The largest absolute Gasteiger partial charge is 0.380 e. The van der Waals surface area contributed by atoms with E-state index in [0.717, 1.165) is 25.0 Å². The molecule has 16 heavy (non-hydrogen) atoms. The highest BCUT2D eigenvalue weighted by molar-refractivity contribution is 8.01. The minimum Gasteiger partial charge on any atom is -0.380 e. The maximum absolute atomic E-state index is 11.9. The van der Waals surface area contributed by atoms with Crippen LogP contribution >= 0.6 is 23.4 Å². The van der Waals surface area contributed by atoms with Gasteiger partial charge in [0.2, 0.25) is 5.91 Å². The van der Waals surface area contributed by atoms with E-state index in [0.29, 0.717) is 25.6 Å². The first kappa shape index (κ1) is 14.1. The fourth-order valence-electron chi connectivity index (χ4n) is 1.68. The summed E-state index contributed by atoms with van der Waals surface area (Å²) in [5.74, 6) is 1.80. The van der Waals surface area contributed by atoms with Gasteiger partial charge in [0.15, 0.2) is 0 Å². The maximum atomic E-state index is 11.9. The predicted octanol–water partition coefficient (Wildman–Crippen LogP) is 2.03. The highest BCUT2D eigenvalue weighted by atomic mass is 35.5. The van der Waals surface area contributed by atoms with E-state index in [1.165, 1.54) is 0 Å². The minimum absolute atomic E-state index is 0.173. The summed E-state index contributed by atoms with van der Waals surface area (Å²) in [5.41, 5.74) is 0. The first-order chi connectivity index (χ1) is 7.69. The fourth-order valence-corrected chi connectivity index (χ4v) is 3.02. The first-order valence-electron chi connectivity index (χ1n) is 5.75. The van der Waals surface area contributed by atoms with E-state index in [4.69, 9.17) is 16.3 Å². The number of ether oxygens (including phenoxy) is 1. The third kappa shape index (κ3) is 4.52. The third-order valence-corrected chi connectivity index (χ3v) is 4.35. The normalized spacial score (nSPS) is 24.6. The number of hydrogen-bond acceptors (Lipinski definition) is 3. The molecule has 1 heterocycles. The lowest BCUT2D eigenvalue weighted by molar-refractivity contribution is -0.123. The predicted molar refractivity (Wildman–Crippen MR) is 69.3 cm³/mol. The molecule has 0 aliphatic carbocycles. The second kappa shape index (κ2) is 7.41. The van der Waals surface area contributed by atoms with E-state index < -0.39 is 0 Å². The minimum atomic E-state index is -0.197. The topological polar surface area (TPSA) is 38.3 Å². The summed E-state index contributed by atoms with van der Waals surface area (Å²) in [6.45, 7) is 3.97. The Morgan fingerprint density at radius 3 is 3.00 bits per heavy atom. The van der Waals surface area contributed by atoms with Gasteiger partial charge in [0.05, 0.1) is 11.4 Å². The molecule has 0 spiro atoms. The van der Waals surface area contributed by atoms with Gasteiger partial charge in [-0.15, -0.1) is 23.4 Å². The van der Waals surface area contributed by atoms with Gasteiger partial charge in [-0.05, 0) is 31.9 Å². The van der Waals surface area contributed by atoms with Gasteiger partial charge in [-0.2, -0.15) is 0 Å². The van der Waals surface area contributed by atoms with Gasteiger partial charge in [0.25, 0.3) is 0 Å². The summed E-state index contributed by atoms with van der Waals surface area (Å²) in [6.07, 6.45) is 2.99. The lowest BCUT2D eigenvalue weighted by Crippen LogP contribution is -2.40. The van der Waals surface area contributed by atoms with Crippen LogP contribution in [0.4, 0.5) is 0 Å². The van der Waals surface area contributed by atoms with E-state index in [2.05, 4.69) is 5.32 Å².